The molecule has 0 unspecified atom stereocenters. The molecule has 1 aliphatic heterocycles. The van der Waals surface area contributed by atoms with E-state index >= 15 is 0 Å². The molecule has 1 aromatic carbocycles. The van der Waals surface area contributed by atoms with Gasteiger partial charge in [0.15, 0.2) is 4.77 Å². The predicted octanol–water partition coefficient (Wildman–Crippen LogP) is 3.77. The minimum absolute atomic E-state index is 0.561. The molecule has 26 heavy (non-hydrogen) atoms. The maximum absolute atomic E-state index is 5.22. The highest BCUT2D eigenvalue weighted by Gasteiger charge is 2.17. The van der Waals surface area contributed by atoms with E-state index in [9.17, 15) is 0 Å². The molecule has 1 N–H and O–H groups in total. The second-order valence-electron chi connectivity index (χ2n) is 6.40. The average molecular weight is 364 g/mol. The van der Waals surface area contributed by atoms with Crippen molar-refractivity contribution in [3.63, 3.8) is 0 Å². The Morgan fingerprint density at radius 1 is 1.19 bits per heavy atom. The number of methoxy groups -OCH3 is 1. The zero-order valence-electron chi connectivity index (χ0n) is 14.6. The smallest absolute Gasteiger partial charge is 0.196 e. The van der Waals surface area contributed by atoms with Gasteiger partial charge in [-0.1, -0.05) is 6.07 Å². The summed E-state index contributed by atoms with van der Waals surface area (Å²) in [5.41, 5.74) is 5.57. The lowest BCUT2D eigenvalue weighted by molar-refractivity contribution is 0.240. The molecular formula is C20H20N4OS. The van der Waals surface area contributed by atoms with Crippen molar-refractivity contribution in [2.24, 2.45) is 0 Å². The second-order valence-corrected chi connectivity index (χ2v) is 6.78. The first-order valence-electron chi connectivity index (χ1n) is 8.61. The lowest BCUT2D eigenvalue weighted by atomic mass is 10.1. The summed E-state index contributed by atoms with van der Waals surface area (Å²) in [6.45, 7) is 2.67. The summed E-state index contributed by atoms with van der Waals surface area (Å²) in [5.74, 6) is 0.851. The molecule has 0 radical (unpaired) electrons. The average Bonchev–Trinajstić information content (AvgIpc) is 2.68. The molecule has 5 nitrogen and oxygen atoms in total. The maximum atomic E-state index is 5.22. The molecule has 0 spiro atoms. The van der Waals surface area contributed by atoms with E-state index < -0.39 is 0 Å². The van der Waals surface area contributed by atoms with Crippen LogP contribution in [-0.4, -0.2) is 33.5 Å². The van der Waals surface area contributed by atoms with E-state index in [2.05, 4.69) is 27.0 Å². The lowest BCUT2D eigenvalue weighted by Crippen LogP contribution is -2.31. The first kappa shape index (κ1) is 16.9. The van der Waals surface area contributed by atoms with Crippen LogP contribution in [-0.2, 0) is 19.5 Å². The van der Waals surface area contributed by atoms with Gasteiger partial charge in [0, 0.05) is 49.1 Å². The fraction of sp³-hybridized carbons (Fsp3) is 0.250. The summed E-state index contributed by atoms with van der Waals surface area (Å²) in [7, 11) is 1.67. The van der Waals surface area contributed by atoms with E-state index in [-0.39, 0.29) is 0 Å². The molecule has 0 aliphatic carbocycles. The number of nitrogens with zero attached hydrogens (tertiary/aromatic N) is 3. The van der Waals surface area contributed by atoms with Crippen molar-refractivity contribution in [2.45, 2.75) is 19.5 Å². The first-order valence-corrected chi connectivity index (χ1v) is 9.02. The Morgan fingerprint density at radius 2 is 2.04 bits per heavy atom. The van der Waals surface area contributed by atoms with E-state index in [0.717, 1.165) is 48.8 Å². The summed E-state index contributed by atoms with van der Waals surface area (Å²) in [4.78, 5) is 14.6. The molecule has 0 atom stereocenters. The van der Waals surface area contributed by atoms with Crippen LogP contribution >= 0.6 is 12.2 Å². The SMILES string of the molecule is COc1ccc(-c2cccc(CN3CCc4[nH]c(=S)ncc4C3)n2)cc1. The quantitative estimate of drug-likeness (QED) is 0.714. The highest BCUT2D eigenvalue weighted by Crippen LogP contribution is 2.22. The second kappa shape index (κ2) is 7.35. The van der Waals surface area contributed by atoms with Gasteiger partial charge in [-0.25, -0.2) is 4.98 Å². The van der Waals surface area contributed by atoms with Crippen molar-refractivity contribution in [3.8, 4) is 17.0 Å². The molecule has 0 saturated heterocycles. The number of hydrogen-bond acceptors (Lipinski definition) is 5. The number of hydrogen-bond donors (Lipinski definition) is 1. The van der Waals surface area contributed by atoms with E-state index in [0.29, 0.717) is 4.77 Å². The first-order chi connectivity index (χ1) is 12.7. The van der Waals surface area contributed by atoms with Gasteiger partial charge >= 0.3 is 0 Å². The van der Waals surface area contributed by atoms with Crippen molar-refractivity contribution in [3.05, 3.63) is 70.4 Å². The van der Waals surface area contributed by atoms with Gasteiger partial charge in [0.05, 0.1) is 18.5 Å². The van der Waals surface area contributed by atoms with Crippen molar-refractivity contribution in [1.82, 2.24) is 19.9 Å². The molecule has 0 amide bonds. The molecule has 3 heterocycles. The van der Waals surface area contributed by atoms with Crippen LogP contribution < -0.4 is 4.74 Å². The molecule has 4 rings (SSSR count). The summed E-state index contributed by atoms with van der Waals surface area (Å²) in [6, 6.07) is 14.2. The Kier molecular flexibility index (Phi) is 4.77. The summed E-state index contributed by atoms with van der Waals surface area (Å²) >= 11 is 5.11. The molecule has 132 valence electrons. The van der Waals surface area contributed by atoms with E-state index in [1.165, 1.54) is 11.3 Å². The molecule has 0 saturated carbocycles. The van der Waals surface area contributed by atoms with Gasteiger partial charge in [-0.3, -0.25) is 9.88 Å². The highest BCUT2D eigenvalue weighted by atomic mass is 32.1. The number of rotatable bonds is 4. The molecule has 2 aromatic heterocycles. The Hall–Kier alpha value is -2.57. The van der Waals surface area contributed by atoms with Gasteiger partial charge in [-0.05, 0) is 48.6 Å². The third-order valence-electron chi connectivity index (χ3n) is 4.63. The fourth-order valence-corrected chi connectivity index (χ4v) is 3.44. The van der Waals surface area contributed by atoms with Gasteiger partial charge in [-0.15, -0.1) is 0 Å². The van der Waals surface area contributed by atoms with Crippen LogP contribution in [0.1, 0.15) is 17.0 Å². The van der Waals surface area contributed by atoms with Gasteiger partial charge in [0.1, 0.15) is 5.75 Å². The topological polar surface area (TPSA) is 54.0 Å². The number of fused-ring (bicyclic) bond motifs is 1. The van der Waals surface area contributed by atoms with Crippen LogP contribution in [0.3, 0.4) is 0 Å². The third-order valence-corrected chi connectivity index (χ3v) is 4.84. The largest absolute Gasteiger partial charge is 0.497 e. The zero-order valence-corrected chi connectivity index (χ0v) is 15.4. The summed E-state index contributed by atoms with van der Waals surface area (Å²) < 4.78 is 5.79. The zero-order chi connectivity index (χ0) is 17.9. The number of pyridine rings is 1. The maximum Gasteiger partial charge on any atom is 0.196 e. The number of H-pyrrole nitrogens is 1. The van der Waals surface area contributed by atoms with Crippen LogP contribution in [0.5, 0.6) is 5.75 Å². The normalized spacial score (nSPS) is 14.0. The van der Waals surface area contributed by atoms with Crippen molar-refractivity contribution < 1.29 is 4.74 Å². The Balaban J connectivity index is 1.50. The molecule has 1 aliphatic rings. The molecule has 0 fully saturated rings. The van der Waals surface area contributed by atoms with Crippen molar-refractivity contribution >= 4 is 12.2 Å². The number of aromatic nitrogens is 3. The van der Waals surface area contributed by atoms with Crippen LogP contribution in [0.25, 0.3) is 11.3 Å². The summed E-state index contributed by atoms with van der Waals surface area (Å²) in [6.07, 6.45) is 2.85. The van der Waals surface area contributed by atoms with E-state index in [1.807, 2.05) is 36.5 Å². The molecule has 0 bridgehead atoms. The van der Waals surface area contributed by atoms with Gasteiger partial charge in [0.25, 0.3) is 0 Å². The van der Waals surface area contributed by atoms with Crippen LogP contribution in [0.2, 0.25) is 0 Å². The molecule has 3 aromatic rings. The Labute approximate surface area is 157 Å². The summed E-state index contributed by atoms with van der Waals surface area (Å²) in [5, 5.41) is 0. The van der Waals surface area contributed by atoms with Crippen molar-refractivity contribution in [2.75, 3.05) is 13.7 Å². The number of aromatic amines is 1. The van der Waals surface area contributed by atoms with Gasteiger partial charge < -0.3 is 9.72 Å². The minimum atomic E-state index is 0.561. The fourth-order valence-electron chi connectivity index (χ4n) is 3.26. The van der Waals surface area contributed by atoms with Gasteiger partial charge in [0.2, 0.25) is 0 Å². The highest BCUT2D eigenvalue weighted by molar-refractivity contribution is 7.71. The van der Waals surface area contributed by atoms with E-state index in [1.54, 1.807) is 7.11 Å². The van der Waals surface area contributed by atoms with E-state index in [4.69, 9.17) is 21.9 Å². The van der Waals surface area contributed by atoms with Crippen LogP contribution in [0.4, 0.5) is 0 Å². The number of ether oxygens (including phenoxy) is 1. The van der Waals surface area contributed by atoms with Crippen LogP contribution in [0, 0.1) is 4.77 Å². The van der Waals surface area contributed by atoms with Crippen LogP contribution in [0.15, 0.2) is 48.7 Å². The minimum Gasteiger partial charge on any atom is -0.497 e. The van der Waals surface area contributed by atoms with Crippen molar-refractivity contribution in [1.29, 1.82) is 0 Å². The third kappa shape index (κ3) is 3.66. The Morgan fingerprint density at radius 3 is 2.85 bits per heavy atom. The standard InChI is InChI=1S/C20H20N4OS/c1-25-17-7-5-14(6-8-17)18-4-2-3-16(22-18)13-24-10-9-19-15(12-24)11-21-20(26)23-19/h2-8,11H,9-10,12-13H2,1H3,(H,21,23,26). The Bertz CT molecular complexity index is 968. The molecule has 6 heteroatoms. The molecular weight excluding hydrogens is 344 g/mol. The predicted molar refractivity (Wildman–Crippen MR) is 103 cm³/mol. The monoisotopic (exact) mass is 364 g/mol. The lowest BCUT2D eigenvalue weighted by Gasteiger charge is -2.27. The number of benzene rings is 1. The number of nitrogens with one attached hydrogen (secondary N) is 1. The van der Waals surface area contributed by atoms with Gasteiger partial charge in [-0.2, -0.15) is 0 Å².